The van der Waals surface area contributed by atoms with Crippen LogP contribution in [0.2, 0.25) is 0 Å². The number of carbonyl (C=O) groups is 1. The summed E-state index contributed by atoms with van der Waals surface area (Å²) in [6.07, 6.45) is -1.40. The molecule has 0 aromatic heterocycles. The topological polar surface area (TPSA) is 46.3 Å². The fraction of sp³-hybridized carbons (Fsp3) is 0.462. The fourth-order valence-electron chi connectivity index (χ4n) is 2.21. The zero-order valence-corrected chi connectivity index (χ0v) is 10.3. The van der Waals surface area contributed by atoms with Gasteiger partial charge < -0.3 is 10.6 Å². The number of nitrogens with zero attached hydrogens (tertiary/aromatic N) is 1. The Morgan fingerprint density at radius 3 is 2.53 bits per heavy atom. The summed E-state index contributed by atoms with van der Waals surface area (Å²) in [5.41, 5.74) is 5.24. The van der Waals surface area contributed by atoms with Gasteiger partial charge in [-0.15, -0.1) is 0 Å². The van der Waals surface area contributed by atoms with Gasteiger partial charge in [-0.3, -0.25) is 4.79 Å². The Balaban J connectivity index is 2.32. The number of alkyl halides is 3. The zero-order chi connectivity index (χ0) is 14.0. The van der Waals surface area contributed by atoms with E-state index in [0.29, 0.717) is 18.7 Å². The normalized spacial score (nSPS) is 17.4. The number of nitrogens with two attached hydrogens (primary N) is 1. The summed E-state index contributed by atoms with van der Waals surface area (Å²) in [4.78, 5) is 13.4. The number of halogens is 3. The molecular formula is C13H15F3N2O. The highest BCUT2D eigenvalue weighted by molar-refractivity contribution is 5.96. The van der Waals surface area contributed by atoms with Gasteiger partial charge in [0.25, 0.3) is 0 Å². The summed E-state index contributed by atoms with van der Waals surface area (Å²) >= 11 is 0. The van der Waals surface area contributed by atoms with E-state index in [4.69, 9.17) is 5.73 Å². The Hall–Kier alpha value is -1.72. The maximum Gasteiger partial charge on any atom is 0.416 e. The molecule has 0 spiro atoms. The molecule has 0 atom stereocenters. The molecule has 19 heavy (non-hydrogen) atoms. The monoisotopic (exact) mass is 272 g/mol. The van der Waals surface area contributed by atoms with E-state index < -0.39 is 11.7 Å². The predicted octanol–water partition coefficient (Wildman–Crippen LogP) is 3.19. The minimum atomic E-state index is -4.42. The van der Waals surface area contributed by atoms with Crippen molar-refractivity contribution in [2.75, 3.05) is 17.2 Å². The number of hydrogen-bond donors (Lipinski definition) is 1. The molecule has 1 aliphatic heterocycles. The van der Waals surface area contributed by atoms with Gasteiger partial charge in [0.15, 0.2) is 0 Å². The first-order valence-electron chi connectivity index (χ1n) is 6.16. The summed E-state index contributed by atoms with van der Waals surface area (Å²) in [5.74, 6) is -0.0797. The molecule has 1 heterocycles. The van der Waals surface area contributed by atoms with Crippen LogP contribution in [-0.2, 0) is 11.0 Å². The molecule has 1 aromatic carbocycles. The van der Waals surface area contributed by atoms with Crippen LogP contribution in [0.25, 0.3) is 0 Å². The average Bonchev–Trinajstić information content (AvgIpc) is 2.53. The minimum absolute atomic E-state index is 0.00919. The van der Waals surface area contributed by atoms with Crippen molar-refractivity contribution in [3.63, 3.8) is 0 Å². The molecule has 104 valence electrons. The lowest BCUT2D eigenvalue weighted by molar-refractivity contribution is -0.137. The number of nitrogen functional groups attached to an aromatic ring is 1. The quantitative estimate of drug-likeness (QED) is 0.798. The van der Waals surface area contributed by atoms with Crippen LogP contribution in [0.3, 0.4) is 0 Å². The van der Waals surface area contributed by atoms with Crippen molar-refractivity contribution in [3.05, 3.63) is 23.8 Å². The number of amides is 1. The van der Waals surface area contributed by atoms with Crippen LogP contribution >= 0.6 is 0 Å². The van der Waals surface area contributed by atoms with Crippen LogP contribution in [0.1, 0.15) is 31.2 Å². The van der Waals surface area contributed by atoms with Crippen LogP contribution < -0.4 is 10.6 Å². The number of carbonyl (C=O) groups excluding carboxylic acids is 1. The van der Waals surface area contributed by atoms with E-state index in [-0.39, 0.29) is 11.6 Å². The summed E-state index contributed by atoms with van der Waals surface area (Å²) in [6.45, 7) is 0.508. The molecule has 0 radical (unpaired) electrons. The van der Waals surface area contributed by atoms with Gasteiger partial charge in [-0.1, -0.05) is 6.42 Å². The van der Waals surface area contributed by atoms with Crippen molar-refractivity contribution < 1.29 is 18.0 Å². The van der Waals surface area contributed by atoms with E-state index in [1.807, 2.05) is 0 Å². The maximum atomic E-state index is 12.5. The van der Waals surface area contributed by atoms with Gasteiger partial charge >= 0.3 is 6.18 Å². The second kappa shape index (κ2) is 5.11. The highest BCUT2D eigenvalue weighted by Crippen LogP contribution is 2.34. The van der Waals surface area contributed by atoms with Crippen molar-refractivity contribution in [1.29, 1.82) is 0 Å². The van der Waals surface area contributed by atoms with Crippen molar-refractivity contribution in [2.24, 2.45) is 0 Å². The number of hydrogen-bond acceptors (Lipinski definition) is 2. The first kappa shape index (κ1) is 13.7. The standard InChI is InChI=1S/C13H15F3N2O/c14-13(15,16)9-5-6-11(10(17)8-9)18-7-3-1-2-4-12(18)19/h5-6,8H,1-4,7,17H2. The van der Waals surface area contributed by atoms with Gasteiger partial charge in [-0.25, -0.2) is 0 Å². The Morgan fingerprint density at radius 1 is 1.16 bits per heavy atom. The summed E-state index contributed by atoms with van der Waals surface area (Å²) in [5, 5.41) is 0. The Kier molecular flexibility index (Phi) is 3.68. The molecule has 1 amide bonds. The molecule has 0 saturated carbocycles. The van der Waals surface area contributed by atoms with Gasteiger partial charge in [0, 0.05) is 13.0 Å². The summed E-state index contributed by atoms with van der Waals surface area (Å²) < 4.78 is 37.6. The largest absolute Gasteiger partial charge is 0.416 e. The molecule has 1 saturated heterocycles. The highest BCUT2D eigenvalue weighted by Gasteiger charge is 2.31. The van der Waals surface area contributed by atoms with Crippen LogP contribution in [-0.4, -0.2) is 12.5 Å². The third-order valence-electron chi connectivity index (χ3n) is 3.22. The van der Waals surface area contributed by atoms with Crippen LogP contribution in [0.5, 0.6) is 0 Å². The van der Waals surface area contributed by atoms with E-state index in [0.717, 1.165) is 31.4 Å². The van der Waals surface area contributed by atoms with Gasteiger partial charge in [-0.05, 0) is 31.0 Å². The SMILES string of the molecule is Nc1cc(C(F)(F)F)ccc1N1CCCCCC1=O. The molecule has 0 aliphatic carbocycles. The van der Waals surface area contributed by atoms with E-state index in [9.17, 15) is 18.0 Å². The summed E-state index contributed by atoms with van der Waals surface area (Å²) in [7, 11) is 0. The number of anilines is 2. The van der Waals surface area contributed by atoms with Gasteiger partial charge in [0.1, 0.15) is 0 Å². The average molecular weight is 272 g/mol. The van der Waals surface area contributed by atoms with Gasteiger partial charge in [0.2, 0.25) is 5.91 Å². The van der Waals surface area contributed by atoms with Crippen LogP contribution in [0, 0.1) is 0 Å². The van der Waals surface area contributed by atoms with Crippen molar-refractivity contribution in [2.45, 2.75) is 31.9 Å². The number of rotatable bonds is 1. The molecule has 2 rings (SSSR count). The van der Waals surface area contributed by atoms with Gasteiger partial charge in [0.05, 0.1) is 16.9 Å². The third kappa shape index (κ3) is 3.00. The molecule has 6 heteroatoms. The van der Waals surface area contributed by atoms with E-state index in [2.05, 4.69) is 0 Å². The van der Waals surface area contributed by atoms with Crippen LogP contribution in [0.15, 0.2) is 18.2 Å². The molecule has 1 aliphatic rings. The minimum Gasteiger partial charge on any atom is -0.397 e. The fourth-order valence-corrected chi connectivity index (χ4v) is 2.21. The Labute approximate surface area is 109 Å². The van der Waals surface area contributed by atoms with E-state index >= 15 is 0 Å². The molecule has 0 unspecified atom stereocenters. The molecule has 1 fully saturated rings. The third-order valence-corrected chi connectivity index (χ3v) is 3.22. The molecular weight excluding hydrogens is 257 g/mol. The molecule has 0 bridgehead atoms. The Bertz CT molecular complexity index is 485. The smallest absolute Gasteiger partial charge is 0.397 e. The van der Waals surface area contributed by atoms with Crippen molar-refractivity contribution in [3.8, 4) is 0 Å². The first-order chi connectivity index (χ1) is 8.89. The maximum absolute atomic E-state index is 12.5. The lowest BCUT2D eigenvalue weighted by Gasteiger charge is -2.23. The predicted molar refractivity (Wildman–Crippen MR) is 66.7 cm³/mol. The highest BCUT2D eigenvalue weighted by atomic mass is 19.4. The first-order valence-corrected chi connectivity index (χ1v) is 6.16. The molecule has 2 N–H and O–H groups in total. The molecule has 1 aromatic rings. The second-order valence-corrected chi connectivity index (χ2v) is 4.63. The van der Waals surface area contributed by atoms with Gasteiger partial charge in [-0.2, -0.15) is 13.2 Å². The Morgan fingerprint density at radius 2 is 1.89 bits per heavy atom. The van der Waals surface area contributed by atoms with E-state index in [1.165, 1.54) is 11.0 Å². The molecule has 3 nitrogen and oxygen atoms in total. The lowest BCUT2D eigenvalue weighted by Crippen LogP contribution is -2.30. The second-order valence-electron chi connectivity index (χ2n) is 4.63. The van der Waals surface area contributed by atoms with Crippen molar-refractivity contribution in [1.82, 2.24) is 0 Å². The summed E-state index contributed by atoms with van der Waals surface area (Å²) in [6, 6.07) is 3.12. The van der Waals surface area contributed by atoms with E-state index in [1.54, 1.807) is 0 Å². The zero-order valence-electron chi connectivity index (χ0n) is 10.3. The number of benzene rings is 1. The van der Waals surface area contributed by atoms with Crippen LogP contribution in [0.4, 0.5) is 24.5 Å². The lowest BCUT2D eigenvalue weighted by atomic mass is 10.1. The van der Waals surface area contributed by atoms with Crippen molar-refractivity contribution >= 4 is 17.3 Å².